The van der Waals surface area contributed by atoms with Crippen molar-refractivity contribution >= 4 is 40.1 Å². The molecule has 7 rings (SSSR count). The molecule has 1 aromatic carbocycles. The minimum atomic E-state index is -3.02. The molecule has 2 aliphatic rings. The summed E-state index contributed by atoms with van der Waals surface area (Å²) in [5.41, 5.74) is 8.92. The Hall–Kier alpha value is -5.17. The number of carbonyl (C=O) groups excluding carboxylic acids is 2. The standard InChI is InChI=1S/C35H32ClF2N7O4/c1-18(24-5-4-6-28(42-24)48-34(37)38)45-32-23(16-41-45)29(30(31(39)46)25(43-32)13-19-7-8-19)20-9-12-26-27(14-20)49-35(2,3)33(47)44(26)17-22-11-10-21(36)15-40-22/h4-6,9-12,14-16,18-19,34H,7-8,13,17H2,1-3H3,(H2,39,46)/t18-/m0/s1. The molecule has 14 heteroatoms. The van der Waals surface area contributed by atoms with Crippen LogP contribution in [-0.4, -0.2) is 48.8 Å². The Kier molecular flexibility index (Phi) is 8.18. The number of pyridine rings is 3. The Morgan fingerprint density at radius 1 is 1.14 bits per heavy atom. The number of ether oxygens (including phenoxy) is 2. The highest BCUT2D eigenvalue weighted by Gasteiger charge is 2.41. The van der Waals surface area contributed by atoms with Gasteiger partial charge in [-0.2, -0.15) is 13.9 Å². The van der Waals surface area contributed by atoms with Crippen LogP contribution in [0.1, 0.15) is 67.1 Å². The summed E-state index contributed by atoms with van der Waals surface area (Å²) < 4.78 is 38.3. The molecule has 0 unspecified atom stereocenters. The summed E-state index contributed by atoms with van der Waals surface area (Å²) in [4.78, 5) is 42.0. The number of halogens is 3. The molecule has 0 saturated heterocycles. The number of anilines is 1. The van der Waals surface area contributed by atoms with Crippen molar-refractivity contribution in [3.8, 4) is 22.8 Å². The predicted octanol–water partition coefficient (Wildman–Crippen LogP) is 6.51. The highest BCUT2D eigenvalue weighted by molar-refractivity contribution is 6.30. The van der Waals surface area contributed by atoms with E-state index in [0.29, 0.717) is 68.0 Å². The molecule has 252 valence electrons. The quantitative estimate of drug-likeness (QED) is 0.175. The average molecular weight is 688 g/mol. The molecule has 1 fully saturated rings. The summed E-state index contributed by atoms with van der Waals surface area (Å²) in [5.74, 6) is -0.299. The third kappa shape index (κ3) is 6.26. The van der Waals surface area contributed by atoms with Crippen LogP contribution in [-0.2, 0) is 17.8 Å². The van der Waals surface area contributed by atoms with E-state index in [0.717, 1.165) is 12.8 Å². The van der Waals surface area contributed by atoms with E-state index in [1.54, 1.807) is 66.0 Å². The first kappa shape index (κ1) is 32.4. The van der Waals surface area contributed by atoms with Crippen LogP contribution >= 0.6 is 11.6 Å². The SMILES string of the molecule is C[C@@H](c1cccc(OC(F)F)n1)n1ncc2c(-c3ccc4c(c3)OC(C)(C)C(=O)N4Cc3ccc(Cl)cn3)c(C(N)=O)c(CC3CC3)nc21. The summed E-state index contributed by atoms with van der Waals surface area (Å²) in [7, 11) is 0. The second-order valence-corrected chi connectivity index (χ2v) is 13.2. The maximum atomic E-state index is 13.6. The van der Waals surface area contributed by atoms with Gasteiger partial charge in [-0.05, 0) is 81.8 Å². The van der Waals surface area contributed by atoms with Gasteiger partial charge in [-0.15, -0.1) is 0 Å². The lowest BCUT2D eigenvalue weighted by Gasteiger charge is -2.39. The van der Waals surface area contributed by atoms with E-state index in [4.69, 9.17) is 27.1 Å². The van der Waals surface area contributed by atoms with Crippen LogP contribution in [0.3, 0.4) is 0 Å². The largest absolute Gasteiger partial charge is 0.476 e. The van der Waals surface area contributed by atoms with Gasteiger partial charge in [0.25, 0.3) is 11.8 Å². The second-order valence-electron chi connectivity index (χ2n) is 12.8. The van der Waals surface area contributed by atoms with E-state index >= 15 is 0 Å². The average Bonchev–Trinajstić information content (AvgIpc) is 3.77. The highest BCUT2D eigenvalue weighted by Crippen LogP contribution is 2.44. The van der Waals surface area contributed by atoms with Crippen molar-refractivity contribution in [1.29, 1.82) is 0 Å². The van der Waals surface area contributed by atoms with E-state index in [1.165, 1.54) is 12.3 Å². The fourth-order valence-electron chi connectivity index (χ4n) is 6.19. The zero-order valence-corrected chi connectivity index (χ0v) is 27.6. The van der Waals surface area contributed by atoms with Gasteiger partial charge in [-0.1, -0.05) is 23.7 Å². The van der Waals surface area contributed by atoms with Gasteiger partial charge in [0.15, 0.2) is 11.2 Å². The van der Waals surface area contributed by atoms with E-state index in [1.807, 2.05) is 13.0 Å². The number of aromatic nitrogens is 5. The number of rotatable bonds is 10. The Balaban J connectivity index is 1.37. The van der Waals surface area contributed by atoms with Crippen molar-refractivity contribution in [2.75, 3.05) is 4.90 Å². The smallest absolute Gasteiger partial charge is 0.388 e. The number of hydrogen-bond donors (Lipinski definition) is 1. The molecule has 1 aliphatic carbocycles. The maximum absolute atomic E-state index is 13.6. The third-order valence-electron chi connectivity index (χ3n) is 8.77. The molecule has 5 aromatic rings. The van der Waals surface area contributed by atoms with Gasteiger partial charge in [-0.25, -0.2) is 14.6 Å². The Bertz CT molecular complexity index is 2100. The topological polar surface area (TPSA) is 138 Å². The lowest BCUT2D eigenvalue weighted by Crippen LogP contribution is -2.52. The molecule has 11 nitrogen and oxygen atoms in total. The molecule has 49 heavy (non-hydrogen) atoms. The molecule has 0 bridgehead atoms. The highest BCUT2D eigenvalue weighted by atomic mass is 35.5. The molecule has 2 N–H and O–H groups in total. The molecule has 1 aliphatic heterocycles. The second kappa shape index (κ2) is 12.4. The Morgan fingerprint density at radius 2 is 1.94 bits per heavy atom. The summed E-state index contributed by atoms with van der Waals surface area (Å²) in [5, 5.41) is 5.68. The zero-order valence-electron chi connectivity index (χ0n) is 26.9. The van der Waals surface area contributed by atoms with Crippen molar-refractivity contribution in [2.24, 2.45) is 11.7 Å². The summed E-state index contributed by atoms with van der Waals surface area (Å²) >= 11 is 6.04. The number of alkyl halides is 2. The number of hydrogen-bond acceptors (Lipinski definition) is 8. The van der Waals surface area contributed by atoms with Gasteiger partial charge in [0.05, 0.1) is 52.1 Å². The normalized spacial score (nSPS) is 16.1. The molecule has 0 spiro atoms. The molecule has 5 heterocycles. The van der Waals surface area contributed by atoms with Crippen molar-refractivity contribution in [1.82, 2.24) is 24.7 Å². The minimum Gasteiger partial charge on any atom is -0.476 e. The van der Waals surface area contributed by atoms with Gasteiger partial charge >= 0.3 is 6.61 Å². The van der Waals surface area contributed by atoms with Crippen LogP contribution in [0.5, 0.6) is 11.6 Å². The minimum absolute atomic E-state index is 0.189. The van der Waals surface area contributed by atoms with Crippen molar-refractivity contribution in [3.63, 3.8) is 0 Å². The molecule has 1 atom stereocenters. The summed E-state index contributed by atoms with van der Waals surface area (Å²) in [6, 6.07) is 12.9. The molecule has 1 saturated carbocycles. The van der Waals surface area contributed by atoms with E-state index < -0.39 is 24.2 Å². The Morgan fingerprint density at radius 3 is 2.63 bits per heavy atom. The molecule has 0 radical (unpaired) electrons. The molecular formula is C35H32ClF2N7O4. The van der Waals surface area contributed by atoms with Gasteiger partial charge < -0.3 is 15.2 Å². The van der Waals surface area contributed by atoms with Crippen LogP contribution in [0.15, 0.2) is 60.9 Å². The lowest BCUT2D eigenvalue weighted by atomic mass is 9.92. The first-order chi connectivity index (χ1) is 23.4. The first-order valence-electron chi connectivity index (χ1n) is 15.8. The predicted molar refractivity (Wildman–Crippen MR) is 178 cm³/mol. The van der Waals surface area contributed by atoms with Gasteiger partial charge in [0, 0.05) is 23.2 Å². The number of nitrogens with zero attached hydrogens (tertiary/aromatic N) is 6. The molecule has 4 aromatic heterocycles. The van der Waals surface area contributed by atoms with Crippen molar-refractivity contribution < 1.29 is 27.8 Å². The Labute approximate surface area is 285 Å². The van der Waals surface area contributed by atoms with E-state index in [2.05, 4.69) is 19.8 Å². The summed E-state index contributed by atoms with van der Waals surface area (Å²) in [6.45, 7) is 2.38. The number of primary amides is 1. The van der Waals surface area contributed by atoms with Crippen molar-refractivity contribution in [3.05, 3.63) is 88.6 Å². The zero-order chi connectivity index (χ0) is 34.6. The fourth-order valence-corrected chi connectivity index (χ4v) is 6.30. The monoisotopic (exact) mass is 687 g/mol. The first-order valence-corrected chi connectivity index (χ1v) is 16.1. The van der Waals surface area contributed by atoms with Crippen LogP contribution < -0.4 is 20.1 Å². The number of benzene rings is 1. The number of nitrogens with two attached hydrogens (primary N) is 1. The lowest BCUT2D eigenvalue weighted by molar-refractivity contribution is -0.132. The van der Waals surface area contributed by atoms with Crippen molar-refractivity contribution in [2.45, 2.75) is 64.8 Å². The van der Waals surface area contributed by atoms with Gasteiger partial charge in [0.2, 0.25) is 5.88 Å². The van der Waals surface area contributed by atoms with Gasteiger partial charge in [0.1, 0.15) is 5.75 Å². The van der Waals surface area contributed by atoms with E-state index in [9.17, 15) is 18.4 Å². The number of fused-ring (bicyclic) bond motifs is 2. The van der Waals surface area contributed by atoms with E-state index in [-0.39, 0.29) is 23.9 Å². The molecular weight excluding hydrogens is 656 g/mol. The number of amides is 2. The third-order valence-corrected chi connectivity index (χ3v) is 8.99. The maximum Gasteiger partial charge on any atom is 0.388 e. The van der Waals surface area contributed by atoms with Gasteiger partial charge in [-0.3, -0.25) is 19.5 Å². The van der Waals surface area contributed by atoms with Crippen LogP contribution in [0.2, 0.25) is 5.02 Å². The molecule has 2 amide bonds. The number of carbonyl (C=O) groups is 2. The fraction of sp³-hybridized carbons (Fsp3) is 0.314. The summed E-state index contributed by atoms with van der Waals surface area (Å²) in [6.07, 6.45) is 5.70. The van der Waals surface area contributed by atoms with Crippen LogP contribution in [0, 0.1) is 5.92 Å². The van der Waals surface area contributed by atoms with Crippen LogP contribution in [0.4, 0.5) is 14.5 Å². The van der Waals surface area contributed by atoms with Crippen LogP contribution in [0.25, 0.3) is 22.2 Å².